The van der Waals surface area contributed by atoms with Crippen LogP contribution in [0.25, 0.3) is 0 Å². The zero-order valence-corrected chi connectivity index (χ0v) is 14.0. The molecule has 1 saturated carbocycles. The molecule has 1 heterocycles. The van der Waals surface area contributed by atoms with Gasteiger partial charge in [0.05, 0.1) is 12.5 Å². The molecule has 0 aromatic heterocycles. The Morgan fingerprint density at radius 3 is 2.52 bits per heavy atom. The fourth-order valence-electron chi connectivity index (χ4n) is 3.32. The van der Waals surface area contributed by atoms with Crippen LogP contribution in [-0.2, 0) is 9.53 Å². The summed E-state index contributed by atoms with van der Waals surface area (Å²) in [5.41, 5.74) is 0.793. The molecule has 1 unspecified atom stereocenters. The molecule has 1 saturated heterocycles. The molecule has 126 valence electrons. The Hall–Kier alpha value is -1.10. The van der Waals surface area contributed by atoms with Crippen LogP contribution < -0.4 is 5.32 Å². The molecule has 2 fully saturated rings. The lowest BCUT2D eigenvalue weighted by Gasteiger charge is -2.36. The molecular formula is C18H24ClNO3. The lowest BCUT2D eigenvalue weighted by molar-refractivity contribution is -0.124. The average Bonchev–Trinajstić information content (AvgIpc) is 3.41. The number of hydrogen-bond donors (Lipinski definition) is 2. The number of amides is 1. The molecule has 1 atom stereocenters. The van der Waals surface area contributed by atoms with Crippen LogP contribution in [0.2, 0.25) is 5.02 Å². The van der Waals surface area contributed by atoms with Gasteiger partial charge >= 0.3 is 0 Å². The number of benzene rings is 1. The van der Waals surface area contributed by atoms with Crippen LogP contribution >= 0.6 is 11.6 Å². The van der Waals surface area contributed by atoms with E-state index in [0.717, 1.165) is 31.2 Å². The third-order valence-corrected chi connectivity index (χ3v) is 5.38. The molecule has 1 aliphatic carbocycles. The van der Waals surface area contributed by atoms with E-state index in [1.807, 2.05) is 24.3 Å². The Labute approximate surface area is 142 Å². The molecule has 1 amide bonds. The topological polar surface area (TPSA) is 58.6 Å². The number of ether oxygens (including phenoxy) is 1. The lowest BCUT2D eigenvalue weighted by Crippen LogP contribution is -2.45. The number of carbonyl (C=O) groups is 1. The molecule has 5 heteroatoms. The molecule has 23 heavy (non-hydrogen) atoms. The van der Waals surface area contributed by atoms with Crippen molar-refractivity contribution in [2.75, 3.05) is 26.4 Å². The van der Waals surface area contributed by atoms with Crippen molar-refractivity contribution in [1.29, 1.82) is 0 Å². The van der Waals surface area contributed by atoms with Crippen molar-refractivity contribution < 1.29 is 14.6 Å². The first-order valence-corrected chi connectivity index (χ1v) is 8.73. The summed E-state index contributed by atoms with van der Waals surface area (Å²) in [6.45, 7) is 1.91. The van der Waals surface area contributed by atoms with Crippen LogP contribution in [0.4, 0.5) is 0 Å². The fourth-order valence-corrected chi connectivity index (χ4v) is 3.44. The van der Waals surface area contributed by atoms with Gasteiger partial charge in [-0.1, -0.05) is 23.7 Å². The quantitative estimate of drug-likeness (QED) is 0.839. The lowest BCUT2D eigenvalue weighted by atomic mass is 9.80. The summed E-state index contributed by atoms with van der Waals surface area (Å²) in [5, 5.41) is 13.5. The molecule has 1 aliphatic heterocycles. The van der Waals surface area contributed by atoms with E-state index in [4.69, 9.17) is 16.3 Å². The number of rotatable bonds is 6. The molecule has 1 aromatic rings. The second-order valence-electron chi connectivity index (χ2n) is 6.85. The van der Waals surface area contributed by atoms with Crippen LogP contribution in [0.1, 0.15) is 37.2 Å². The summed E-state index contributed by atoms with van der Waals surface area (Å²) in [7, 11) is 0. The predicted octanol–water partition coefficient (Wildman–Crippen LogP) is 2.74. The van der Waals surface area contributed by atoms with Crippen molar-refractivity contribution in [2.45, 2.75) is 31.6 Å². The van der Waals surface area contributed by atoms with E-state index >= 15 is 0 Å². The third-order valence-electron chi connectivity index (χ3n) is 5.13. The first kappa shape index (κ1) is 16.7. The van der Waals surface area contributed by atoms with Crippen LogP contribution in [0, 0.1) is 11.3 Å². The second kappa shape index (κ2) is 7.20. The molecule has 3 rings (SSSR count). The summed E-state index contributed by atoms with van der Waals surface area (Å²) in [5.74, 6) is 0.382. The van der Waals surface area contributed by atoms with Gasteiger partial charge in [-0.05, 0) is 49.3 Å². The molecular weight excluding hydrogens is 314 g/mol. The largest absolute Gasteiger partial charge is 0.396 e. The zero-order chi connectivity index (χ0) is 16.3. The van der Waals surface area contributed by atoms with Crippen LogP contribution in [0.15, 0.2) is 24.3 Å². The molecule has 2 aliphatic rings. The summed E-state index contributed by atoms with van der Waals surface area (Å²) in [6.07, 6.45) is 3.77. The van der Waals surface area contributed by atoms with E-state index in [2.05, 4.69) is 5.32 Å². The molecule has 0 spiro atoms. The van der Waals surface area contributed by atoms with Crippen molar-refractivity contribution in [3.05, 3.63) is 34.9 Å². The van der Waals surface area contributed by atoms with Gasteiger partial charge in [0.2, 0.25) is 5.91 Å². The smallest absolute Gasteiger partial charge is 0.227 e. The Balaban J connectivity index is 1.66. The van der Waals surface area contributed by atoms with Crippen molar-refractivity contribution in [2.24, 2.45) is 11.3 Å². The minimum Gasteiger partial charge on any atom is -0.396 e. The highest BCUT2D eigenvalue weighted by molar-refractivity contribution is 6.30. The molecule has 1 aromatic carbocycles. The van der Waals surface area contributed by atoms with Gasteiger partial charge in [0.15, 0.2) is 0 Å². The number of halogens is 1. The maximum Gasteiger partial charge on any atom is 0.227 e. The number of aliphatic hydroxyl groups is 1. The van der Waals surface area contributed by atoms with Crippen LogP contribution in [0.3, 0.4) is 0 Å². The normalized spacial score (nSPS) is 21.7. The van der Waals surface area contributed by atoms with Gasteiger partial charge in [-0.25, -0.2) is 0 Å². The molecule has 0 radical (unpaired) electrons. The van der Waals surface area contributed by atoms with Gasteiger partial charge in [-0.15, -0.1) is 0 Å². The summed E-state index contributed by atoms with van der Waals surface area (Å²) in [6, 6.07) is 7.57. The Kier molecular flexibility index (Phi) is 5.24. The highest BCUT2D eigenvalue weighted by Crippen LogP contribution is 2.43. The van der Waals surface area contributed by atoms with E-state index in [9.17, 15) is 9.90 Å². The number of hydrogen-bond acceptors (Lipinski definition) is 3. The van der Waals surface area contributed by atoms with Crippen molar-refractivity contribution in [1.82, 2.24) is 5.32 Å². The monoisotopic (exact) mass is 337 g/mol. The van der Waals surface area contributed by atoms with Gasteiger partial charge in [-0.3, -0.25) is 4.79 Å². The molecule has 0 bridgehead atoms. The maximum atomic E-state index is 12.8. The van der Waals surface area contributed by atoms with Gasteiger partial charge in [0, 0.05) is 30.2 Å². The molecule has 4 nitrogen and oxygen atoms in total. The standard InChI is InChI=1S/C18H24ClNO3/c19-15-5-3-14(4-6-15)16(13-1-2-13)17(22)20-11-18(12-21)7-9-23-10-8-18/h3-6,13,16,21H,1-2,7-12H2,(H,20,22). The van der Waals surface area contributed by atoms with Crippen molar-refractivity contribution in [3.63, 3.8) is 0 Å². The minimum atomic E-state index is -0.234. The highest BCUT2D eigenvalue weighted by atomic mass is 35.5. The Morgan fingerprint density at radius 1 is 1.30 bits per heavy atom. The van der Waals surface area contributed by atoms with Crippen molar-refractivity contribution >= 4 is 17.5 Å². The molecule has 2 N–H and O–H groups in total. The van der Waals surface area contributed by atoms with Crippen LogP contribution in [-0.4, -0.2) is 37.4 Å². The predicted molar refractivity (Wildman–Crippen MR) is 89.5 cm³/mol. The zero-order valence-electron chi connectivity index (χ0n) is 13.3. The summed E-state index contributed by atoms with van der Waals surface area (Å²) < 4.78 is 5.37. The first-order chi connectivity index (χ1) is 11.1. The fraction of sp³-hybridized carbons (Fsp3) is 0.611. The summed E-state index contributed by atoms with van der Waals surface area (Å²) in [4.78, 5) is 12.8. The van der Waals surface area contributed by atoms with E-state index in [0.29, 0.717) is 30.7 Å². The number of carbonyl (C=O) groups excluding carboxylic acids is 1. The maximum absolute atomic E-state index is 12.8. The van der Waals surface area contributed by atoms with E-state index in [-0.39, 0.29) is 23.8 Å². The second-order valence-corrected chi connectivity index (χ2v) is 7.29. The van der Waals surface area contributed by atoms with Gasteiger partial charge in [-0.2, -0.15) is 0 Å². The SMILES string of the molecule is O=C(NCC1(CO)CCOCC1)C(c1ccc(Cl)cc1)C1CC1. The number of aliphatic hydroxyl groups excluding tert-OH is 1. The van der Waals surface area contributed by atoms with E-state index in [1.165, 1.54) is 0 Å². The van der Waals surface area contributed by atoms with E-state index < -0.39 is 0 Å². The minimum absolute atomic E-state index is 0.0640. The Morgan fingerprint density at radius 2 is 1.96 bits per heavy atom. The van der Waals surface area contributed by atoms with Gasteiger partial charge < -0.3 is 15.2 Å². The van der Waals surface area contributed by atoms with Gasteiger partial charge in [0.1, 0.15) is 0 Å². The number of nitrogens with one attached hydrogen (secondary N) is 1. The Bertz CT molecular complexity index is 536. The van der Waals surface area contributed by atoms with Gasteiger partial charge in [0.25, 0.3) is 0 Å². The highest BCUT2D eigenvalue weighted by Gasteiger charge is 2.39. The third kappa shape index (κ3) is 4.06. The van der Waals surface area contributed by atoms with E-state index in [1.54, 1.807) is 0 Å². The first-order valence-electron chi connectivity index (χ1n) is 8.35. The van der Waals surface area contributed by atoms with Crippen LogP contribution in [0.5, 0.6) is 0 Å². The van der Waals surface area contributed by atoms with Crippen molar-refractivity contribution in [3.8, 4) is 0 Å². The summed E-state index contributed by atoms with van der Waals surface area (Å²) >= 11 is 5.95. The average molecular weight is 338 g/mol.